The molecule has 0 unspecified atom stereocenters. The first-order valence-corrected chi connectivity index (χ1v) is 7.43. The molecule has 3 N–H and O–H groups in total. The number of anilines is 1. The van der Waals surface area contributed by atoms with Gasteiger partial charge in [0.05, 0.1) is 5.75 Å². The van der Waals surface area contributed by atoms with E-state index in [-0.39, 0.29) is 5.91 Å². The second-order valence-electron chi connectivity index (χ2n) is 4.59. The van der Waals surface area contributed by atoms with Crippen molar-refractivity contribution in [2.24, 2.45) is 0 Å². The van der Waals surface area contributed by atoms with Crippen molar-refractivity contribution >= 4 is 23.4 Å². The molecule has 3 nitrogen and oxygen atoms in total. The number of aryl methyl sites for hydroxylation is 1. The molecule has 20 heavy (non-hydrogen) atoms. The molecule has 2 aromatic carbocycles. The summed E-state index contributed by atoms with van der Waals surface area (Å²) in [5.41, 5.74) is 8.85. The van der Waals surface area contributed by atoms with Crippen molar-refractivity contribution in [2.45, 2.75) is 18.4 Å². The van der Waals surface area contributed by atoms with Gasteiger partial charge in [0.2, 0.25) is 5.91 Å². The number of amides is 1. The Hall–Kier alpha value is -1.94. The van der Waals surface area contributed by atoms with Crippen LogP contribution in [0.5, 0.6) is 0 Å². The highest BCUT2D eigenvalue weighted by Gasteiger charge is 2.05. The van der Waals surface area contributed by atoms with Crippen LogP contribution in [0, 0.1) is 6.92 Å². The van der Waals surface area contributed by atoms with E-state index in [1.165, 1.54) is 11.8 Å². The van der Waals surface area contributed by atoms with Crippen LogP contribution in [0.15, 0.2) is 53.4 Å². The highest BCUT2D eigenvalue weighted by Crippen LogP contribution is 2.25. The summed E-state index contributed by atoms with van der Waals surface area (Å²) in [4.78, 5) is 12.8. The number of hydrogen-bond donors (Lipinski definition) is 2. The lowest BCUT2D eigenvalue weighted by Crippen LogP contribution is -2.24. The first kappa shape index (κ1) is 14.5. The average molecular weight is 286 g/mol. The Morgan fingerprint density at radius 3 is 2.70 bits per heavy atom. The van der Waals surface area contributed by atoms with Gasteiger partial charge >= 0.3 is 0 Å². The summed E-state index contributed by atoms with van der Waals surface area (Å²) in [5, 5.41) is 2.90. The smallest absolute Gasteiger partial charge is 0.230 e. The van der Waals surface area contributed by atoms with Crippen LogP contribution in [-0.4, -0.2) is 11.7 Å². The van der Waals surface area contributed by atoms with E-state index in [1.54, 1.807) is 0 Å². The summed E-state index contributed by atoms with van der Waals surface area (Å²) in [5.74, 6) is 0.389. The lowest BCUT2D eigenvalue weighted by Gasteiger charge is -2.07. The van der Waals surface area contributed by atoms with Crippen molar-refractivity contribution in [1.82, 2.24) is 5.32 Å². The third kappa shape index (κ3) is 4.31. The Morgan fingerprint density at radius 1 is 1.20 bits per heavy atom. The van der Waals surface area contributed by atoms with Gasteiger partial charge in [0.1, 0.15) is 0 Å². The fourth-order valence-corrected chi connectivity index (χ4v) is 2.65. The van der Waals surface area contributed by atoms with Crippen LogP contribution in [0.25, 0.3) is 0 Å². The minimum Gasteiger partial charge on any atom is -0.398 e. The van der Waals surface area contributed by atoms with E-state index < -0.39 is 0 Å². The van der Waals surface area contributed by atoms with Gasteiger partial charge < -0.3 is 11.1 Å². The minimum absolute atomic E-state index is 0.0137. The third-order valence-corrected chi connectivity index (χ3v) is 3.93. The highest BCUT2D eigenvalue weighted by molar-refractivity contribution is 8.00. The number of nitrogens with one attached hydrogen (secondary N) is 1. The summed E-state index contributed by atoms with van der Waals surface area (Å²) in [7, 11) is 0. The molecular formula is C16H18N2OS. The Morgan fingerprint density at radius 2 is 1.95 bits per heavy atom. The quantitative estimate of drug-likeness (QED) is 0.656. The van der Waals surface area contributed by atoms with Gasteiger partial charge in [-0.3, -0.25) is 4.79 Å². The van der Waals surface area contributed by atoms with E-state index in [2.05, 4.69) is 5.32 Å². The number of benzene rings is 2. The minimum atomic E-state index is 0.0137. The molecule has 0 aliphatic heterocycles. The molecule has 0 atom stereocenters. The van der Waals surface area contributed by atoms with Crippen molar-refractivity contribution < 1.29 is 4.79 Å². The lowest BCUT2D eigenvalue weighted by molar-refractivity contribution is -0.118. The Kier molecular flexibility index (Phi) is 5.07. The van der Waals surface area contributed by atoms with Gasteiger partial charge in [0.15, 0.2) is 0 Å². The van der Waals surface area contributed by atoms with E-state index in [9.17, 15) is 4.79 Å². The van der Waals surface area contributed by atoms with E-state index in [0.29, 0.717) is 12.3 Å². The lowest BCUT2D eigenvalue weighted by atomic mass is 10.2. The summed E-state index contributed by atoms with van der Waals surface area (Å²) in [6.07, 6.45) is 0. The number of nitrogen functional groups attached to an aromatic ring is 1. The van der Waals surface area contributed by atoms with Crippen molar-refractivity contribution in [1.29, 1.82) is 0 Å². The molecule has 0 radical (unpaired) electrons. The second kappa shape index (κ2) is 7.01. The van der Waals surface area contributed by atoms with Gasteiger partial charge in [-0.2, -0.15) is 0 Å². The van der Waals surface area contributed by atoms with E-state index >= 15 is 0 Å². The normalized spacial score (nSPS) is 10.2. The second-order valence-corrected chi connectivity index (χ2v) is 5.61. The summed E-state index contributed by atoms with van der Waals surface area (Å²) >= 11 is 1.47. The molecule has 0 aliphatic rings. The third-order valence-electron chi connectivity index (χ3n) is 2.86. The number of hydrogen-bond acceptors (Lipinski definition) is 3. The first-order chi connectivity index (χ1) is 9.65. The van der Waals surface area contributed by atoms with Crippen molar-refractivity contribution in [3.63, 3.8) is 0 Å². The standard InChI is InChI=1S/C16H18N2OS/c1-12-7-8-14(17)15(9-12)20-11-16(19)18-10-13-5-3-2-4-6-13/h2-9H,10-11,17H2,1H3,(H,18,19). The SMILES string of the molecule is Cc1ccc(N)c(SCC(=O)NCc2ccccc2)c1. The van der Waals surface area contributed by atoms with Crippen LogP contribution >= 0.6 is 11.8 Å². The maximum absolute atomic E-state index is 11.8. The zero-order valence-electron chi connectivity index (χ0n) is 11.4. The summed E-state index contributed by atoms with van der Waals surface area (Å²) in [6, 6.07) is 15.7. The predicted molar refractivity (Wildman–Crippen MR) is 84.6 cm³/mol. The Bertz CT molecular complexity index is 584. The van der Waals surface area contributed by atoms with Gasteiger partial charge in [-0.15, -0.1) is 11.8 Å². The topological polar surface area (TPSA) is 55.1 Å². The Balaban J connectivity index is 1.82. The molecule has 0 saturated carbocycles. The molecule has 0 heterocycles. The van der Waals surface area contributed by atoms with Gasteiger partial charge in [-0.1, -0.05) is 36.4 Å². The van der Waals surface area contributed by atoms with E-state index in [1.807, 2.05) is 55.5 Å². The van der Waals surface area contributed by atoms with Crippen LogP contribution in [0.3, 0.4) is 0 Å². The zero-order chi connectivity index (χ0) is 14.4. The van der Waals surface area contributed by atoms with E-state index in [0.717, 1.165) is 21.7 Å². The van der Waals surface area contributed by atoms with Crippen molar-refractivity contribution in [3.05, 3.63) is 59.7 Å². The number of rotatable bonds is 5. The van der Waals surface area contributed by atoms with E-state index in [4.69, 9.17) is 5.73 Å². The molecule has 2 aromatic rings. The number of thioether (sulfide) groups is 1. The van der Waals surface area contributed by atoms with Crippen LogP contribution < -0.4 is 11.1 Å². The van der Waals surface area contributed by atoms with Crippen LogP contribution in [0.2, 0.25) is 0 Å². The number of carbonyl (C=O) groups excluding carboxylic acids is 1. The summed E-state index contributed by atoms with van der Waals surface area (Å²) < 4.78 is 0. The largest absolute Gasteiger partial charge is 0.398 e. The predicted octanol–water partition coefficient (Wildman–Crippen LogP) is 2.99. The average Bonchev–Trinajstić information content (AvgIpc) is 2.47. The molecule has 4 heteroatoms. The fourth-order valence-electron chi connectivity index (χ4n) is 1.76. The molecule has 0 saturated heterocycles. The monoisotopic (exact) mass is 286 g/mol. The Labute approximate surface area is 123 Å². The maximum atomic E-state index is 11.8. The van der Waals surface area contributed by atoms with Crippen molar-refractivity contribution in [2.75, 3.05) is 11.5 Å². The van der Waals surface area contributed by atoms with Gasteiger partial charge in [-0.25, -0.2) is 0 Å². The molecule has 104 valence electrons. The summed E-state index contributed by atoms with van der Waals surface area (Å²) in [6.45, 7) is 2.57. The number of carbonyl (C=O) groups is 1. The van der Waals surface area contributed by atoms with Crippen molar-refractivity contribution in [3.8, 4) is 0 Å². The van der Waals surface area contributed by atoms with Crippen LogP contribution in [0.4, 0.5) is 5.69 Å². The zero-order valence-corrected chi connectivity index (χ0v) is 12.2. The van der Waals surface area contributed by atoms with Gasteiger partial charge in [0, 0.05) is 17.1 Å². The van der Waals surface area contributed by atoms with Crippen LogP contribution in [-0.2, 0) is 11.3 Å². The molecule has 2 rings (SSSR count). The molecule has 0 aromatic heterocycles. The molecule has 1 amide bonds. The number of nitrogens with two attached hydrogens (primary N) is 1. The van der Waals surface area contributed by atoms with Crippen LogP contribution in [0.1, 0.15) is 11.1 Å². The maximum Gasteiger partial charge on any atom is 0.230 e. The molecule has 0 fully saturated rings. The fraction of sp³-hybridized carbons (Fsp3) is 0.188. The molecule has 0 spiro atoms. The first-order valence-electron chi connectivity index (χ1n) is 6.44. The molecule has 0 bridgehead atoms. The molecule has 0 aliphatic carbocycles. The van der Waals surface area contributed by atoms with Gasteiger partial charge in [-0.05, 0) is 30.2 Å². The highest BCUT2D eigenvalue weighted by atomic mass is 32.2. The molecular weight excluding hydrogens is 268 g/mol. The van der Waals surface area contributed by atoms with Gasteiger partial charge in [0.25, 0.3) is 0 Å².